The van der Waals surface area contributed by atoms with Crippen molar-refractivity contribution >= 4 is 0 Å². The molecule has 0 aliphatic heterocycles. The van der Waals surface area contributed by atoms with Crippen molar-refractivity contribution in [1.82, 2.24) is 5.32 Å². The topological polar surface area (TPSA) is 32.3 Å². The van der Waals surface area contributed by atoms with Crippen LogP contribution in [-0.2, 0) is 0 Å². The summed E-state index contributed by atoms with van der Waals surface area (Å²) in [6.45, 7) is 4.87. The smallest absolute Gasteiger partial charge is 0.0636 e. The third-order valence-electron chi connectivity index (χ3n) is 3.11. The lowest BCUT2D eigenvalue weighted by atomic mass is 9.83. The molecule has 0 spiro atoms. The van der Waals surface area contributed by atoms with Crippen LogP contribution >= 0.6 is 0 Å². The van der Waals surface area contributed by atoms with Gasteiger partial charge in [0.2, 0.25) is 0 Å². The van der Waals surface area contributed by atoms with Crippen LogP contribution in [-0.4, -0.2) is 23.8 Å². The first-order valence-corrected chi connectivity index (χ1v) is 5.65. The lowest BCUT2D eigenvalue weighted by Gasteiger charge is -2.32. The monoisotopic (exact) mass is 185 g/mol. The van der Waals surface area contributed by atoms with Crippen molar-refractivity contribution in [2.24, 2.45) is 5.92 Å². The highest BCUT2D eigenvalue weighted by Crippen LogP contribution is 2.26. The Kier molecular flexibility index (Phi) is 4.74. The zero-order valence-electron chi connectivity index (χ0n) is 8.92. The minimum atomic E-state index is -0.209. The Labute approximate surface area is 81.7 Å². The van der Waals surface area contributed by atoms with Gasteiger partial charge in [-0.05, 0) is 25.7 Å². The average molecular weight is 185 g/mol. The molecule has 2 N–H and O–H groups in total. The van der Waals surface area contributed by atoms with Crippen molar-refractivity contribution in [3.63, 3.8) is 0 Å². The van der Waals surface area contributed by atoms with Gasteiger partial charge in [-0.2, -0.15) is 0 Å². The van der Waals surface area contributed by atoms with Gasteiger partial charge >= 0.3 is 0 Å². The first-order valence-electron chi connectivity index (χ1n) is 5.65. The van der Waals surface area contributed by atoms with Gasteiger partial charge in [0.05, 0.1) is 6.10 Å². The number of nitrogens with one attached hydrogen (secondary N) is 1. The fourth-order valence-electron chi connectivity index (χ4n) is 2.29. The summed E-state index contributed by atoms with van der Waals surface area (Å²) in [4.78, 5) is 0. The molecule has 3 atom stereocenters. The second-order valence-electron chi connectivity index (χ2n) is 4.32. The Hall–Kier alpha value is -0.0800. The Balaban J connectivity index is 2.27. The molecular weight excluding hydrogens is 162 g/mol. The number of hydrogen-bond donors (Lipinski definition) is 2. The molecule has 13 heavy (non-hydrogen) atoms. The third-order valence-corrected chi connectivity index (χ3v) is 3.11. The van der Waals surface area contributed by atoms with Gasteiger partial charge < -0.3 is 10.4 Å². The van der Waals surface area contributed by atoms with Crippen molar-refractivity contribution in [2.75, 3.05) is 6.54 Å². The van der Waals surface area contributed by atoms with Crippen molar-refractivity contribution in [3.8, 4) is 0 Å². The van der Waals surface area contributed by atoms with Gasteiger partial charge in [0, 0.05) is 12.6 Å². The molecule has 2 heteroatoms. The Morgan fingerprint density at radius 3 is 2.69 bits per heavy atom. The maximum absolute atomic E-state index is 9.18. The Morgan fingerprint density at radius 2 is 2.08 bits per heavy atom. The highest BCUT2D eigenvalue weighted by Gasteiger charge is 2.22. The number of rotatable bonds is 4. The van der Waals surface area contributed by atoms with E-state index in [1.807, 2.05) is 6.92 Å². The van der Waals surface area contributed by atoms with Gasteiger partial charge in [-0.15, -0.1) is 0 Å². The molecule has 1 rings (SSSR count). The highest BCUT2D eigenvalue weighted by molar-refractivity contribution is 4.80. The summed E-state index contributed by atoms with van der Waals surface area (Å²) in [6.07, 6.45) is 6.48. The van der Waals surface area contributed by atoms with Crippen LogP contribution in [0.3, 0.4) is 0 Å². The second-order valence-corrected chi connectivity index (χ2v) is 4.32. The lowest BCUT2D eigenvalue weighted by Crippen LogP contribution is -2.41. The number of aliphatic hydroxyl groups excluding tert-OH is 1. The van der Waals surface area contributed by atoms with E-state index in [4.69, 9.17) is 0 Å². The first-order chi connectivity index (χ1) is 6.24. The van der Waals surface area contributed by atoms with Gasteiger partial charge in [0.1, 0.15) is 0 Å². The minimum absolute atomic E-state index is 0.209. The van der Waals surface area contributed by atoms with Crippen LogP contribution in [0.5, 0.6) is 0 Å². The van der Waals surface area contributed by atoms with Gasteiger partial charge in [-0.25, -0.2) is 0 Å². The second kappa shape index (κ2) is 5.61. The zero-order chi connectivity index (χ0) is 9.68. The fraction of sp³-hybridized carbons (Fsp3) is 1.00. The van der Waals surface area contributed by atoms with Crippen molar-refractivity contribution in [2.45, 2.75) is 58.1 Å². The highest BCUT2D eigenvalue weighted by atomic mass is 16.3. The number of aliphatic hydroxyl groups is 1. The summed E-state index contributed by atoms with van der Waals surface area (Å²) in [6, 6.07) is 0.661. The summed E-state index contributed by atoms with van der Waals surface area (Å²) < 4.78 is 0. The van der Waals surface area contributed by atoms with Crippen LogP contribution in [0.4, 0.5) is 0 Å². The van der Waals surface area contributed by atoms with Crippen molar-refractivity contribution < 1.29 is 5.11 Å². The maximum Gasteiger partial charge on any atom is 0.0636 e. The molecule has 0 aromatic heterocycles. The molecule has 0 aromatic rings. The van der Waals surface area contributed by atoms with E-state index < -0.39 is 0 Å². The summed E-state index contributed by atoms with van der Waals surface area (Å²) in [5.41, 5.74) is 0. The standard InChI is InChI=1S/C11H23NO/c1-3-10-6-4-5-7-11(10)12-8-9(2)13/h9-13H,3-8H2,1-2H3/t9-,10-,11-/m1/s1. The summed E-state index contributed by atoms with van der Waals surface area (Å²) in [7, 11) is 0. The molecular formula is C11H23NO. The van der Waals surface area contributed by atoms with E-state index in [1.54, 1.807) is 0 Å². The van der Waals surface area contributed by atoms with Crippen LogP contribution in [0.2, 0.25) is 0 Å². The molecule has 0 bridgehead atoms. The van der Waals surface area contributed by atoms with Gasteiger partial charge in [0.25, 0.3) is 0 Å². The summed E-state index contributed by atoms with van der Waals surface area (Å²) >= 11 is 0. The summed E-state index contributed by atoms with van der Waals surface area (Å²) in [5.74, 6) is 0.840. The molecule has 0 saturated heterocycles. The predicted molar refractivity (Wildman–Crippen MR) is 55.7 cm³/mol. The maximum atomic E-state index is 9.18. The Morgan fingerprint density at radius 1 is 1.38 bits per heavy atom. The van der Waals surface area contributed by atoms with E-state index in [-0.39, 0.29) is 6.10 Å². The van der Waals surface area contributed by atoms with E-state index in [2.05, 4.69) is 12.2 Å². The molecule has 78 valence electrons. The molecule has 1 saturated carbocycles. The molecule has 1 fully saturated rings. The van der Waals surface area contributed by atoms with Gasteiger partial charge in [-0.1, -0.05) is 26.2 Å². The van der Waals surface area contributed by atoms with E-state index in [0.717, 1.165) is 12.5 Å². The van der Waals surface area contributed by atoms with Crippen LogP contribution in [0.1, 0.15) is 46.0 Å². The SMILES string of the molecule is CC[C@@H]1CCCC[C@H]1NC[C@@H](C)O. The first kappa shape index (κ1) is 11.0. The zero-order valence-corrected chi connectivity index (χ0v) is 8.92. The molecule has 0 radical (unpaired) electrons. The van der Waals surface area contributed by atoms with Crippen LogP contribution in [0, 0.1) is 5.92 Å². The fourth-order valence-corrected chi connectivity index (χ4v) is 2.29. The minimum Gasteiger partial charge on any atom is -0.392 e. The Bertz CT molecular complexity index is 136. The lowest BCUT2D eigenvalue weighted by molar-refractivity contribution is 0.167. The van der Waals surface area contributed by atoms with E-state index in [1.165, 1.54) is 32.1 Å². The number of hydrogen-bond acceptors (Lipinski definition) is 2. The van der Waals surface area contributed by atoms with Crippen molar-refractivity contribution in [3.05, 3.63) is 0 Å². The van der Waals surface area contributed by atoms with Crippen LogP contribution in [0.15, 0.2) is 0 Å². The quantitative estimate of drug-likeness (QED) is 0.701. The molecule has 0 unspecified atom stereocenters. The molecule has 0 aromatic carbocycles. The van der Waals surface area contributed by atoms with E-state index in [9.17, 15) is 5.11 Å². The van der Waals surface area contributed by atoms with Gasteiger partial charge in [-0.3, -0.25) is 0 Å². The molecule has 1 aliphatic rings. The predicted octanol–water partition coefficient (Wildman–Crippen LogP) is 1.93. The van der Waals surface area contributed by atoms with Crippen LogP contribution in [0.25, 0.3) is 0 Å². The van der Waals surface area contributed by atoms with Crippen molar-refractivity contribution in [1.29, 1.82) is 0 Å². The third kappa shape index (κ3) is 3.65. The molecule has 2 nitrogen and oxygen atoms in total. The molecule has 0 amide bonds. The van der Waals surface area contributed by atoms with Gasteiger partial charge in [0.15, 0.2) is 0 Å². The van der Waals surface area contributed by atoms with E-state index >= 15 is 0 Å². The summed E-state index contributed by atoms with van der Waals surface area (Å²) in [5, 5.41) is 12.7. The average Bonchev–Trinajstić information content (AvgIpc) is 2.15. The van der Waals surface area contributed by atoms with Crippen LogP contribution < -0.4 is 5.32 Å². The molecule has 0 heterocycles. The largest absolute Gasteiger partial charge is 0.392 e. The molecule has 1 aliphatic carbocycles. The van der Waals surface area contributed by atoms with E-state index in [0.29, 0.717) is 6.04 Å². The normalized spacial score (nSPS) is 31.6.